The summed E-state index contributed by atoms with van der Waals surface area (Å²) in [6.07, 6.45) is 4.85. The lowest BCUT2D eigenvalue weighted by Crippen LogP contribution is -2.13. The van der Waals surface area contributed by atoms with E-state index in [0.717, 1.165) is 10.9 Å². The van der Waals surface area contributed by atoms with Crippen LogP contribution in [-0.2, 0) is 0 Å². The quantitative estimate of drug-likeness (QED) is 0.617. The van der Waals surface area contributed by atoms with Crippen LogP contribution in [0.5, 0.6) is 0 Å². The number of hydrogen-bond donors (Lipinski definition) is 1. The topological polar surface area (TPSA) is 68.0 Å². The maximum atomic E-state index is 12.8. The molecule has 3 aromatic heterocycles. The molecule has 0 saturated heterocycles. The molecule has 0 spiro atoms. The molecule has 0 radical (unpaired) electrons. The van der Waals surface area contributed by atoms with E-state index < -0.39 is 0 Å². The highest BCUT2D eigenvalue weighted by Gasteiger charge is 2.15. The number of anilines is 1. The molecular weight excluding hydrogens is 302 g/mol. The van der Waals surface area contributed by atoms with Gasteiger partial charge in [-0.15, -0.1) is 0 Å². The van der Waals surface area contributed by atoms with E-state index in [1.54, 1.807) is 42.9 Å². The van der Waals surface area contributed by atoms with Gasteiger partial charge >= 0.3 is 0 Å². The van der Waals surface area contributed by atoms with Crippen LogP contribution in [0.3, 0.4) is 0 Å². The molecule has 0 fully saturated rings. The molecule has 0 saturated carbocycles. The van der Waals surface area contributed by atoms with Gasteiger partial charge in [0.1, 0.15) is 5.69 Å². The van der Waals surface area contributed by atoms with Crippen molar-refractivity contribution in [2.45, 2.75) is 0 Å². The Kier molecular flexibility index (Phi) is 3.51. The minimum atomic E-state index is -0.201. The number of nitrogens with one attached hydrogen (secondary N) is 1. The fourth-order valence-corrected chi connectivity index (χ4v) is 2.55. The van der Waals surface area contributed by atoms with E-state index in [0.29, 0.717) is 22.7 Å². The van der Waals surface area contributed by atoms with Crippen LogP contribution in [0.25, 0.3) is 22.4 Å². The molecule has 0 atom stereocenters. The Hall–Kier alpha value is -3.47. The summed E-state index contributed by atoms with van der Waals surface area (Å²) in [5, 5.41) is 3.68. The normalized spacial score (nSPS) is 10.7. The zero-order chi connectivity index (χ0) is 16.4. The number of nitrogens with zero attached hydrogens (tertiary/aromatic N) is 2. The molecule has 1 aromatic carbocycles. The zero-order valence-corrected chi connectivity index (χ0v) is 12.6. The summed E-state index contributed by atoms with van der Waals surface area (Å²) < 4.78 is 5.42. The van der Waals surface area contributed by atoms with Crippen molar-refractivity contribution in [3.8, 4) is 11.5 Å². The van der Waals surface area contributed by atoms with Crippen LogP contribution < -0.4 is 5.32 Å². The van der Waals surface area contributed by atoms with Gasteiger partial charge in [0.05, 0.1) is 17.3 Å². The molecule has 1 amide bonds. The number of rotatable bonds is 3. The molecule has 3 heterocycles. The molecule has 0 aliphatic carbocycles. The third kappa shape index (κ3) is 2.63. The van der Waals surface area contributed by atoms with Crippen LogP contribution in [-0.4, -0.2) is 15.9 Å². The first kappa shape index (κ1) is 14.1. The second-order valence-corrected chi connectivity index (χ2v) is 5.24. The van der Waals surface area contributed by atoms with Gasteiger partial charge in [-0.1, -0.05) is 18.2 Å². The van der Waals surface area contributed by atoms with Gasteiger partial charge in [-0.3, -0.25) is 9.78 Å². The van der Waals surface area contributed by atoms with E-state index in [4.69, 9.17) is 4.42 Å². The standard InChI is InChI=1S/C19H13N3O2/c23-19(21-13-7-9-20-10-8-13)15-12-17(18-6-3-11-24-18)22-16-5-2-1-4-14(15)16/h1-12H,(H,20,21,23). The first-order valence-corrected chi connectivity index (χ1v) is 7.46. The Morgan fingerprint density at radius 2 is 1.83 bits per heavy atom. The van der Waals surface area contributed by atoms with E-state index >= 15 is 0 Å². The van der Waals surface area contributed by atoms with E-state index in [9.17, 15) is 4.79 Å². The SMILES string of the molecule is O=C(Nc1ccncc1)c1cc(-c2ccco2)nc2ccccc12. The summed E-state index contributed by atoms with van der Waals surface area (Å²) in [5.74, 6) is 0.423. The smallest absolute Gasteiger partial charge is 0.256 e. The third-order valence-corrected chi connectivity index (χ3v) is 3.67. The predicted octanol–water partition coefficient (Wildman–Crippen LogP) is 4.14. The summed E-state index contributed by atoms with van der Waals surface area (Å²) >= 11 is 0. The summed E-state index contributed by atoms with van der Waals surface area (Å²) in [5.41, 5.74) is 2.60. The van der Waals surface area contributed by atoms with Crippen LogP contribution in [0.15, 0.2) is 77.7 Å². The highest BCUT2D eigenvalue weighted by atomic mass is 16.3. The van der Waals surface area contributed by atoms with E-state index in [1.165, 1.54) is 0 Å². The number of carbonyl (C=O) groups excluding carboxylic acids is 1. The molecule has 1 N–H and O–H groups in total. The van der Waals surface area contributed by atoms with Gasteiger partial charge in [0.25, 0.3) is 5.91 Å². The molecule has 5 heteroatoms. The Morgan fingerprint density at radius 1 is 1.00 bits per heavy atom. The molecule has 4 aromatic rings. The summed E-state index contributed by atoms with van der Waals surface area (Å²) in [7, 11) is 0. The van der Waals surface area contributed by atoms with Gasteiger partial charge in [-0.2, -0.15) is 0 Å². The van der Waals surface area contributed by atoms with Crippen LogP contribution in [0, 0.1) is 0 Å². The van der Waals surface area contributed by atoms with E-state index in [1.807, 2.05) is 30.3 Å². The fourth-order valence-electron chi connectivity index (χ4n) is 2.55. The number of aromatic nitrogens is 2. The Morgan fingerprint density at radius 3 is 2.62 bits per heavy atom. The average molecular weight is 315 g/mol. The molecule has 5 nitrogen and oxygen atoms in total. The number of para-hydroxylation sites is 1. The third-order valence-electron chi connectivity index (χ3n) is 3.67. The lowest BCUT2D eigenvalue weighted by atomic mass is 10.1. The van der Waals surface area contributed by atoms with Crippen LogP contribution in [0.2, 0.25) is 0 Å². The molecule has 116 valence electrons. The second-order valence-electron chi connectivity index (χ2n) is 5.24. The Balaban J connectivity index is 1.82. The van der Waals surface area contributed by atoms with Crippen LogP contribution in [0.4, 0.5) is 5.69 Å². The summed E-state index contributed by atoms with van der Waals surface area (Å²) in [6, 6.07) is 16.4. The van der Waals surface area contributed by atoms with Gasteiger partial charge in [-0.25, -0.2) is 4.98 Å². The fraction of sp³-hybridized carbons (Fsp3) is 0. The minimum Gasteiger partial charge on any atom is -0.463 e. The Labute approximate surface area is 138 Å². The van der Waals surface area contributed by atoms with Crippen molar-refractivity contribution >= 4 is 22.5 Å². The number of fused-ring (bicyclic) bond motifs is 1. The lowest BCUT2D eigenvalue weighted by molar-refractivity contribution is 0.102. The van der Waals surface area contributed by atoms with Crippen molar-refractivity contribution in [1.29, 1.82) is 0 Å². The molecule has 0 bridgehead atoms. The number of pyridine rings is 2. The summed E-state index contributed by atoms with van der Waals surface area (Å²) in [4.78, 5) is 21.3. The van der Waals surface area contributed by atoms with Gasteiger partial charge < -0.3 is 9.73 Å². The highest BCUT2D eigenvalue weighted by molar-refractivity contribution is 6.13. The number of amides is 1. The monoisotopic (exact) mass is 315 g/mol. The van der Waals surface area contributed by atoms with Crippen molar-refractivity contribution in [2.75, 3.05) is 5.32 Å². The van der Waals surface area contributed by atoms with Crippen molar-refractivity contribution in [3.63, 3.8) is 0 Å². The molecule has 0 aliphatic heterocycles. The van der Waals surface area contributed by atoms with Crippen molar-refractivity contribution < 1.29 is 9.21 Å². The van der Waals surface area contributed by atoms with E-state index in [2.05, 4.69) is 15.3 Å². The largest absolute Gasteiger partial charge is 0.463 e. The van der Waals surface area contributed by atoms with Gasteiger partial charge in [-0.05, 0) is 36.4 Å². The predicted molar refractivity (Wildman–Crippen MR) is 91.6 cm³/mol. The molecule has 4 rings (SSSR count). The first-order valence-electron chi connectivity index (χ1n) is 7.46. The minimum absolute atomic E-state index is 0.201. The van der Waals surface area contributed by atoms with Crippen LogP contribution in [0.1, 0.15) is 10.4 Å². The van der Waals surface area contributed by atoms with E-state index in [-0.39, 0.29) is 5.91 Å². The van der Waals surface area contributed by atoms with Gasteiger partial charge in [0.2, 0.25) is 0 Å². The van der Waals surface area contributed by atoms with Crippen molar-refractivity contribution in [3.05, 3.63) is 78.8 Å². The molecule has 24 heavy (non-hydrogen) atoms. The second kappa shape index (κ2) is 5.96. The molecule has 0 aliphatic rings. The molecular formula is C19H13N3O2. The van der Waals surface area contributed by atoms with Crippen molar-refractivity contribution in [2.24, 2.45) is 0 Å². The van der Waals surface area contributed by atoms with Gasteiger partial charge in [0, 0.05) is 23.5 Å². The number of hydrogen-bond acceptors (Lipinski definition) is 4. The summed E-state index contributed by atoms with van der Waals surface area (Å²) in [6.45, 7) is 0. The molecule has 0 unspecified atom stereocenters. The number of carbonyl (C=O) groups is 1. The Bertz CT molecular complexity index is 996. The van der Waals surface area contributed by atoms with Crippen molar-refractivity contribution in [1.82, 2.24) is 9.97 Å². The first-order chi connectivity index (χ1) is 11.8. The lowest BCUT2D eigenvalue weighted by Gasteiger charge is -2.09. The van der Waals surface area contributed by atoms with Crippen LogP contribution >= 0.6 is 0 Å². The number of furan rings is 1. The highest BCUT2D eigenvalue weighted by Crippen LogP contribution is 2.25. The maximum absolute atomic E-state index is 12.8. The maximum Gasteiger partial charge on any atom is 0.256 e. The van der Waals surface area contributed by atoms with Gasteiger partial charge in [0.15, 0.2) is 5.76 Å². The number of benzene rings is 1. The average Bonchev–Trinajstić information content (AvgIpc) is 3.16. The zero-order valence-electron chi connectivity index (χ0n) is 12.6.